The number of benzene rings is 1. The molecule has 1 aromatic heterocycles. The molecule has 0 aliphatic carbocycles. The second-order valence-electron chi connectivity index (χ2n) is 6.75. The van der Waals surface area contributed by atoms with Crippen molar-refractivity contribution >= 4 is 15.9 Å². The molecule has 2 aromatic rings. The first-order valence-corrected chi connectivity index (χ1v) is 11.0. The van der Waals surface area contributed by atoms with Gasteiger partial charge in [-0.15, -0.1) is 0 Å². The number of carbonyl (C=O) groups is 1. The molecule has 1 aliphatic heterocycles. The lowest BCUT2D eigenvalue weighted by Gasteiger charge is -2.24. The van der Waals surface area contributed by atoms with E-state index in [1.165, 1.54) is 13.3 Å². The maximum Gasteiger partial charge on any atom is 0.264 e. The minimum Gasteiger partial charge on any atom is -0.474 e. The lowest BCUT2D eigenvalue weighted by Crippen LogP contribution is -2.34. The Bertz CT molecular complexity index is 1030. The minimum atomic E-state index is -4.16. The first-order chi connectivity index (χ1) is 14.3. The van der Waals surface area contributed by atoms with Gasteiger partial charge in [0.05, 0.1) is 10.5 Å². The monoisotopic (exact) mass is 438 g/mol. The van der Waals surface area contributed by atoms with Crippen molar-refractivity contribution in [1.82, 2.24) is 20.0 Å². The summed E-state index contributed by atoms with van der Waals surface area (Å²) in [5.74, 6) is -1.36. The highest BCUT2D eigenvalue weighted by Crippen LogP contribution is 2.31. The Balaban J connectivity index is 1.78. The third-order valence-corrected chi connectivity index (χ3v) is 5.92. The quantitative estimate of drug-likeness (QED) is 0.674. The molecule has 1 aromatic carbocycles. The van der Waals surface area contributed by atoms with Crippen LogP contribution in [-0.4, -0.2) is 43.5 Å². The Kier molecular flexibility index (Phi) is 6.83. The van der Waals surface area contributed by atoms with Crippen molar-refractivity contribution in [1.29, 1.82) is 0 Å². The van der Waals surface area contributed by atoms with Crippen molar-refractivity contribution in [2.75, 3.05) is 13.1 Å². The van der Waals surface area contributed by atoms with Gasteiger partial charge >= 0.3 is 0 Å². The first-order valence-electron chi connectivity index (χ1n) is 9.52. The van der Waals surface area contributed by atoms with Gasteiger partial charge < -0.3 is 14.8 Å². The van der Waals surface area contributed by atoms with Crippen LogP contribution in [0.25, 0.3) is 0 Å². The van der Waals surface area contributed by atoms with E-state index in [-0.39, 0.29) is 29.0 Å². The molecule has 1 fully saturated rings. The summed E-state index contributed by atoms with van der Waals surface area (Å²) in [6.07, 6.45) is 2.96. The maximum atomic E-state index is 14.5. The topological polar surface area (TPSA) is 120 Å². The number of ether oxygens (including phenoxy) is 2. The summed E-state index contributed by atoms with van der Waals surface area (Å²) < 4.78 is 52.1. The number of halogens is 1. The van der Waals surface area contributed by atoms with E-state index in [1.54, 1.807) is 6.92 Å². The molecule has 162 valence electrons. The average molecular weight is 438 g/mol. The number of nitrogens with zero attached hydrogens (tertiary/aromatic N) is 2. The Labute approximate surface area is 174 Å². The molecule has 0 saturated carbocycles. The number of hydrogen-bond donors (Lipinski definition) is 2. The van der Waals surface area contributed by atoms with Crippen LogP contribution in [0.15, 0.2) is 29.4 Å². The summed E-state index contributed by atoms with van der Waals surface area (Å²) in [4.78, 5) is 19.1. The van der Waals surface area contributed by atoms with E-state index in [4.69, 9.17) is 9.47 Å². The summed E-state index contributed by atoms with van der Waals surface area (Å²) in [6, 6.07) is 3.09. The molecular formula is C19H23FN4O5S. The summed E-state index contributed by atoms with van der Waals surface area (Å²) in [6.45, 7) is 4.92. The van der Waals surface area contributed by atoms with Crippen LogP contribution in [0.3, 0.4) is 0 Å². The highest BCUT2D eigenvalue weighted by molar-refractivity contribution is 7.90. The number of amides is 1. The van der Waals surface area contributed by atoms with Crippen LogP contribution in [0, 0.1) is 12.7 Å². The molecule has 30 heavy (non-hydrogen) atoms. The molecule has 1 saturated heterocycles. The molecule has 2 heterocycles. The highest BCUT2D eigenvalue weighted by atomic mass is 32.2. The van der Waals surface area contributed by atoms with Gasteiger partial charge in [-0.05, 0) is 51.1 Å². The zero-order valence-corrected chi connectivity index (χ0v) is 17.5. The zero-order valence-electron chi connectivity index (χ0n) is 16.6. The summed E-state index contributed by atoms with van der Waals surface area (Å²) >= 11 is 0. The smallest absolute Gasteiger partial charge is 0.264 e. The molecule has 0 unspecified atom stereocenters. The molecular weight excluding hydrogens is 415 g/mol. The number of aromatic nitrogens is 2. The van der Waals surface area contributed by atoms with Crippen molar-refractivity contribution in [2.45, 2.75) is 44.1 Å². The van der Waals surface area contributed by atoms with Crippen LogP contribution in [-0.2, 0) is 14.8 Å². The predicted molar refractivity (Wildman–Crippen MR) is 105 cm³/mol. The van der Waals surface area contributed by atoms with Crippen LogP contribution >= 0.6 is 0 Å². The van der Waals surface area contributed by atoms with Crippen molar-refractivity contribution in [3.63, 3.8) is 0 Å². The number of nitrogens with one attached hydrogen (secondary N) is 2. The molecule has 0 bridgehead atoms. The lowest BCUT2D eigenvalue weighted by molar-refractivity contribution is -0.119. The van der Waals surface area contributed by atoms with E-state index < -0.39 is 21.7 Å². The van der Waals surface area contributed by atoms with Gasteiger partial charge in [0, 0.05) is 6.42 Å². The molecule has 0 atom stereocenters. The van der Waals surface area contributed by atoms with Crippen LogP contribution in [0.4, 0.5) is 4.39 Å². The van der Waals surface area contributed by atoms with E-state index in [9.17, 15) is 17.6 Å². The Hall–Kier alpha value is -2.79. The van der Waals surface area contributed by atoms with Crippen LogP contribution in [0.1, 0.15) is 31.7 Å². The van der Waals surface area contributed by atoms with Gasteiger partial charge in [-0.3, -0.25) is 4.79 Å². The average Bonchev–Trinajstić information content (AvgIpc) is 2.72. The van der Waals surface area contributed by atoms with E-state index in [0.29, 0.717) is 11.4 Å². The van der Waals surface area contributed by atoms with Crippen molar-refractivity contribution < 1.29 is 27.1 Å². The standard InChI is InChI=1S/C19H23FN4O5S/c1-3-17(25)24-30(26,27)14-4-5-16(15(20)10-14)29-19-12(2)18(22-11-23-19)28-13-6-8-21-9-7-13/h4-5,10-11,13,21H,3,6-9H2,1-2H3,(H,24,25). The number of hydrogen-bond acceptors (Lipinski definition) is 8. The van der Waals surface area contributed by atoms with Crippen molar-refractivity contribution in [3.8, 4) is 17.5 Å². The molecule has 1 aliphatic rings. The lowest BCUT2D eigenvalue weighted by atomic mass is 10.1. The van der Waals surface area contributed by atoms with Crippen LogP contribution < -0.4 is 19.5 Å². The van der Waals surface area contributed by atoms with Gasteiger partial charge in [-0.2, -0.15) is 0 Å². The number of carbonyl (C=O) groups excluding carboxylic acids is 1. The molecule has 0 spiro atoms. The maximum absolute atomic E-state index is 14.5. The SMILES string of the molecule is CCC(=O)NS(=O)(=O)c1ccc(Oc2ncnc(OC3CCNCC3)c2C)c(F)c1. The minimum absolute atomic E-state index is 0.0162. The molecule has 1 amide bonds. The second kappa shape index (κ2) is 9.35. The van der Waals surface area contributed by atoms with Gasteiger partial charge in [0.2, 0.25) is 17.7 Å². The van der Waals surface area contributed by atoms with Crippen LogP contribution in [0.2, 0.25) is 0 Å². The normalized spacial score (nSPS) is 14.9. The van der Waals surface area contributed by atoms with Gasteiger partial charge in [0.25, 0.3) is 10.0 Å². The fourth-order valence-electron chi connectivity index (χ4n) is 2.83. The number of sulfonamides is 1. The van der Waals surface area contributed by atoms with E-state index in [0.717, 1.165) is 44.1 Å². The zero-order chi connectivity index (χ0) is 21.7. The van der Waals surface area contributed by atoms with Crippen molar-refractivity contribution in [3.05, 3.63) is 35.9 Å². The fraction of sp³-hybridized carbons (Fsp3) is 0.421. The van der Waals surface area contributed by atoms with Gasteiger partial charge in [0.1, 0.15) is 12.4 Å². The summed E-state index contributed by atoms with van der Waals surface area (Å²) in [5, 5.41) is 3.25. The molecule has 2 N–H and O–H groups in total. The first kappa shape index (κ1) is 21.9. The summed E-state index contributed by atoms with van der Waals surface area (Å²) in [7, 11) is -4.16. The van der Waals surface area contributed by atoms with Gasteiger partial charge in [-0.25, -0.2) is 27.5 Å². The summed E-state index contributed by atoms with van der Waals surface area (Å²) in [5.41, 5.74) is 0.502. The molecule has 9 nitrogen and oxygen atoms in total. The van der Waals surface area contributed by atoms with Crippen LogP contribution in [0.5, 0.6) is 17.5 Å². The van der Waals surface area contributed by atoms with E-state index in [1.807, 2.05) is 4.72 Å². The fourth-order valence-corrected chi connectivity index (χ4v) is 3.90. The Morgan fingerprint density at radius 2 is 1.97 bits per heavy atom. The van der Waals surface area contributed by atoms with Gasteiger partial charge in [0.15, 0.2) is 11.6 Å². The molecule has 11 heteroatoms. The Morgan fingerprint density at radius 1 is 1.27 bits per heavy atom. The van der Waals surface area contributed by atoms with E-state index in [2.05, 4.69) is 15.3 Å². The van der Waals surface area contributed by atoms with Crippen molar-refractivity contribution in [2.24, 2.45) is 0 Å². The van der Waals surface area contributed by atoms with Gasteiger partial charge in [-0.1, -0.05) is 6.92 Å². The highest BCUT2D eigenvalue weighted by Gasteiger charge is 2.21. The number of rotatable bonds is 7. The largest absolute Gasteiger partial charge is 0.474 e. The Morgan fingerprint density at radius 3 is 2.63 bits per heavy atom. The third kappa shape index (κ3) is 5.22. The van der Waals surface area contributed by atoms with E-state index >= 15 is 0 Å². The second-order valence-corrected chi connectivity index (χ2v) is 8.44. The predicted octanol–water partition coefficient (Wildman–Crippen LogP) is 2.06. The number of piperidine rings is 1. The third-order valence-electron chi connectivity index (χ3n) is 4.55. The molecule has 3 rings (SSSR count). The molecule has 0 radical (unpaired) electrons.